The minimum atomic E-state index is -3.53. The third-order valence-electron chi connectivity index (χ3n) is 1.61. The summed E-state index contributed by atoms with van der Waals surface area (Å²) < 4.78 is 26.1. The molecular formula is C9H11NO4S. The van der Waals surface area contributed by atoms with Crippen molar-refractivity contribution in [2.75, 3.05) is 12.8 Å². The Kier molecular flexibility index (Phi) is 3.43. The minimum absolute atomic E-state index is 0.0771. The molecular weight excluding hydrogens is 218 g/mol. The van der Waals surface area contributed by atoms with Crippen molar-refractivity contribution in [1.82, 2.24) is 0 Å². The number of ketones is 1. The van der Waals surface area contributed by atoms with E-state index in [0.717, 1.165) is 6.26 Å². The second-order valence-corrected chi connectivity index (χ2v) is 4.51. The summed E-state index contributed by atoms with van der Waals surface area (Å²) in [7, 11) is -3.53. The summed E-state index contributed by atoms with van der Waals surface area (Å²) in [5.74, 6) is -0.0352. The van der Waals surface area contributed by atoms with Gasteiger partial charge in [-0.3, -0.25) is 4.79 Å². The Morgan fingerprint density at radius 3 is 2.27 bits per heavy atom. The first-order chi connectivity index (χ1) is 6.92. The van der Waals surface area contributed by atoms with E-state index in [0.29, 0.717) is 5.56 Å². The predicted octanol–water partition coefficient (Wildman–Crippen LogP) is 0.166. The highest BCUT2D eigenvalue weighted by Crippen LogP contribution is 2.13. The molecule has 6 heteroatoms. The van der Waals surface area contributed by atoms with E-state index in [1.54, 1.807) is 0 Å². The summed E-state index contributed by atoms with van der Waals surface area (Å²) in [6, 6.07) is 5.75. The molecule has 0 saturated carbocycles. The van der Waals surface area contributed by atoms with Gasteiger partial charge in [0.15, 0.2) is 5.78 Å². The number of nitrogens with two attached hydrogens (primary N) is 1. The van der Waals surface area contributed by atoms with Crippen LogP contribution < -0.4 is 9.92 Å². The minimum Gasteiger partial charge on any atom is -0.383 e. The molecule has 2 N–H and O–H groups in total. The van der Waals surface area contributed by atoms with Crippen molar-refractivity contribution in [3.8, 4) is 5.75 Å². The summed E-state index contributed by atoms with van der Waals surface area (Å²) in [6.07, 6.45) is 0.950. The van der Waals surface area contributed by atoms with Gasteiger partial charge in [0.2, 0.25) is 0 Å². The highest BCUT2D eigenvalue weighted by Gasteiger charge is 2.06. The molecule has 1 aromatic carbocycles. The van der Waals surface area contributed by atoms with Gasteiger partial charge < -0.3 is 9.92 Å². The van der Waals surface area contributed by atoms with E-state index < -0.39 is 10.1 Å². The molecule has 0 aromatic heterocycles. The van der Waals surface area contributed by atoms with Gasteiger partial charge in [-0.1, -0.05) is 0 Å². The molecule has 15 heavy (non-hydrogen) atoms. The molecule has 82 valence electrons. The third-order valence-corrected chi connectivity index (χ3v) is 2.10. The molecule has 0 fully saturated rings. The van der Waals surface area contributed by atoms with E-state index in [1.807, 2.05) is 0 Å². The zero-order valence-electron chi connectivity index (χ0n) is 8.14. The maximum absolute atomic E-state index is 11.1. The van der Waals surface area contributed by atoms with E-state index in [4.69, 9.17) is 5.73 Å². The lowest BCUT2D eigenvalue weighted by molar-refractivity contribution is 0.100. The van der Waals surface area contributed by atoms with Crippen LogP contribution in [0.15, 0.2) is 24.3 Å². The van der Waals surface area contributed by atoms with Gasteiger partial charge in [0, 0.05) is 5.56 Å². The van der Waals surface area contributed by atoms with E-state index in [1.165, 1.54) is 24.3 Å². The monoisotopic (exact) mass is 229 g/mol. The van der Waals surface area contributed by atoms with Crippen LogP contribution in [-0.2, 0) is 10.1 Å². The number of Topliss-reactive ketones (excluding diaryl/α,β-unsaturated/α-hetero) is 1. The highest BCUT2D eigenvalue weighted by molar-refractivity contribution is 7.86. The van der Waals surface area contributed by atoms with Gasteiger partial charge in [0.25, 0.3) is 0 Å². The number of hydrogen-bond donors (Lipinski definition) is 1. The van der Waals surface area contributed by atoms with Crippen molar-refractivity contribution in [1.29, 1.82) is 0 Å². The lowest BCUT2D eigenvalue weighted by Crippen LogP contribution is -2.13. The maximum atomic E-state index is 11.1. The van der Waals surface area contributed by atoms with Gasteiger partial charge in [-0.2, -0.15) is 8.42 Å². The van der Waals surface area contributed by atoms with Crippen LogP contribution in [0, 0.1) is 0 Å². The van der Waals surface area contributed by atoms with Crippen LogP contribution in [0.3, 0.4) is 0 Å². The second kappa shape index (κ2) is 4.41. The smallest absolute Gasteiger partial charge is 0.306 e. The van der Waals surface area contributed by atoms with Crippen molar-refractivity contribution in [2.45, 2.75) is 0 Å². The second-order valence-electron chi connectivity index (χ2n) is 2.94. The zero-order valence-corrected chi connectivity index (χ0v) is 8.95. The van der Waals surface area contributed by atoms with Crippen LogP contribution in [0.1, 0.15) is 10.4 Å². The lowest BCUT2D eigenvalue weighted by atomic mass is 10.1. The molecule has 0 saturated heterocycles. The number of benzene rings is 1. The number of carbonyl (C=O) groups excluding carboxylic acids is 1. The topological polar surface area (TPSA) is 86.5 Å². The predicted molar refractivity (Wildman–Crippen MR) is 55.3 cm³/mol. The first kappa shape index (κ1) is 11.7. The normalized spacial score (nSPS) is 11.1. The Morgan fingerprint density at radius 1 is 1.33 bits per heavy atom. The number of carbonyl (C=O) groups is 1. The van der Waals surface area contributed by atoms with Crippen LogP contribution in [0.4, 0.5) is 0 Å². The standard InChI is InChI=1S/C9H11NO4S/c1-15(12,13)14-8-4-2-7(3-5-8)9(11)6-10/h2-5H,6,10H2,1H3. The Labute approximate surface area is 88.0 Å². The number of rotatable bonds is 4. The summed E-state index contributed by atoms with van der Waals surface area (Å²) in [4.78, 5) is 11.1. The SMILES string of the molecule is CS(=O)(=O)Oc1ccc(C(=O)CN)cc1. The molecule has 0 unspecified atom stereocenters. The van der Waals surface area contributed by atoms with Crippen molar-refractivity contribution in [3.63, 3.8) is 0 Å². The largest absolute Gasteiger partial charge is 0.383 e. The van der Waals surface area contributed by atoms with Gasteiger partial charge in [-0.25, -0.2) is 0 Å². The lowest BCUT2D eigenvalue weighted by Gasteiger charge is -2.03. The molecule has 5 nitrogen and oxygen atoms in total. The fourth-order valence-electron chi connectivity index (χ4n) is 0.989. The van der Waals surface area contributed by atoms with Crippen LogP contribution in [-0.4, -0.2) is 27.0 Å². The van der Waals surface area contributed by atoms with Gasteiger partial charge in [-0.15, -0.1) is 0 Å². The summed E-state index contributed by atoms with van der Waals surface area (Å²) in [6.45, 7) is -0.0771. The molecule has 1 rings (SSSR count). The summed E-state index contributed by atoms with van der Waals surface area (Å²) in [5, 5.41) is 0. The molecule has 0 radical (unpaired) electrons. The van der Waals surface area contributed by atoms with E-state index in [2.05, 4.69) is 4.18 Å². The molecule has 0 bridgehead atoms. The fraction of sp³-hybridized carbons (Fsp3) is 0.222. The molecule has 0 aliphatic heterocycles. The molecule has 0 amide bonds. The third kappa shape index (κ3) is 3.69. The van der Waals surface area contributed by atoms with Gasteiger partial charge in [0.05, 0.1) is 12.8 Å². The van der Waals surface area contributed by atoms with Crippen LogP contribution in [0.5, 0.6) is 5.75 Å². The Hall–Kier alpha value is -1.40. The summed E-state index contributed by atoms with van der Waals surface area (Å²) in [5.41, 5.74) is 5.60. The Bertz CT molecular complexity index is 450. The van der Waals surface area contributed by atoms with Gasteiger partial charge >= 0.3 is 10.1 Å². The Balaban J connectivity index is 2.86. The van der Waals surface area contributed by atoms with E-state index >= 15 is 0 Å². The zero-order chi connectivity index (χ0) is 11.5. The fourth-order valence-corrected chi connectivity index (χ4v) is 1.45. The molecule has 0 heterocycles. The first-order valence-corrected chi connectivity index (χ1v) is 5.97. The van der Waals surface area contributed by atoms with Crippen LogP contribution in [0.2, 0.25) is 0 Å². The summed E-state index contributed by atoms with van der Waals surface area (Å²) >= 11 is 0. The average molecular weight is 229 g/mol. The quantitative estimate of drug-likeness (QED) is 0.587. The van der Waals surface area contributed by atoms with Crippen molar-refractivity contribution < 1.29 is 17.4 Å². The van der Waals surface area contributed by atoms with E-state index in [9.17, 15) is 13.2 Å². The van der Waals surface area contributed by atoms with Crippen LogP contribution >= 0.6 is 0 Å². The van der Waals surface area contributed by atoms with Gasteiger partial charge in [-0.05, 0) is 24.3 Å². The highest BCUT2D eigenvalue weighted by atomic mass is 32.2. The van der Waals surface area contributed by atoms with Crippen LogP contribution in [0.25, 0.3) is 0 Å². The maximum Gasteiger partial charge on any atom is 0.306 e. The molecule has 0 atom stereocenters. The molecule has 0 aliphatic carbocycles. The van der Waals surface area contributed by atoms with Gasteiger partial charge in [0.1, 0.15) is 5.75 Å². The number of hydrogen-bond acceptors (Lipinski definition) is 5. The molecule has 0 spiro atoms. The van der Waals surface area contributed by atoms with Crippen molar-refractivity contribution in [2.24, 2.45) is 5.73 Å². The average Bonchev–Trinajstić information content (AvgIpc) is 2.15. The van der Waals surface area contributed by atoms with Crippen molar-refractivity contribution in [3.05, 3.63) is 29.8 Å². The molecule has 1 aromatic rings. The van der Waals surface area contributed by atoms with E-state index in [-0.39, 0.29) is 18.1 Å². The first-order valence-electron chi connectivity index (χ1n) is 4.15. The van der Waals surface area contributed by atoms with Crippen molar-refractivity contribution >= 4 is 15.9 Å². The Morgan fingerprint density at radius 2 is 1.87 bits per heavy atom. The molecule has 0 aliphatic rings.